The van der Waals surface area contributed by atoms with Gasteiger partial charge in [-0.2, -0.15) is 5.26 Å². The molecule has 2 aliphatic carbocycles. The first-order chi connectivity index (χ1) is 9.19. The number of benzene rings is 1. The topological polar surface area (TPSA) is 78.9 Å². The molecule has 0 radical (unpaired) electrons. The summed E-state index contributed by atoms with van der Waals surface area (Å²) in [6.45, 7) is 0. The zero-order chi connectivity index (χ0) is 13.4. The van der Waals surface area contributed by atoms with E-state index in [-0.39, 0.29) is 17.9 Å². The number of amides is 1. The largest absolute Gasteiger partial charge is 0.327 e. The lowest BCUT2D eigenvalue weighted by atomic mass is 9.84. The Labute approximate surface area is 112 Å². The van der Waals surface area contributed by atoms with Crippen LogP contribution in [0.5, 0.6) is 0 Å². The van der Waals surface area contributed by atoms with Crippen LogP contribution >= 0.6 is 0 Å². The first-order valence-electron chi connectivity index (χ1n) is 6.75. The molecule has 0 spiro atoms. The maximum absolute atomic E-state index is 12.3. The number of nitrogens with zero attached hydrogens (tertiary/aromatic N) is 1. The molecule has 2 saturated carbocycles. The Morgan fingerprint density at radius 3 is 2.84 bits per heavy atom. The lowest BCUT2D eigenvalue weighted by Gasteiger charge is -2.27. The molecule has 1 aromatic carbocycles. The Kier molecular flexibility index (Phi) is 3.00. The Hall–Kier alpha value is -1.86. The summed E-state index contributed by atoms with van der Waals surface area (Å²) in [6, 6.07) is 9.06. The molecule has 1 amide bonds. The Balaban J connectivity index is 1.73. The van der Waals surface area contributed by atoms with Crippen LogP contribution in [-0.2, 0) is 4.79 Å². The van der Waals surface area contributed by atoms with Crippen molar-refractivity contribution in [3.8, 4) is 6.07 Å². The minimum Gasteiger partial charge on any atom is -0.327 e. The summed E-state index contributed by atoms with van der Waals surface area (Å²) < 4.78 is 0. The number of nitrogens with one attached hydrogen (secondary N) is 1. The predicted molar refractivity (Wildman–Crippen MR) is 72.1 cm³/mol. The average molecular weight is 255 g/mol. The lowest BCUT2D eigenvalue weighted by Crippen LogP contribution is -2.42. The van der Waals surface area contributed by atoms with Gasteiger partial charge in [-0.1, -0.05) is 6.07 Å². The van der Waals surface area contributed by atoms with Crippen molar-refractivity contribution in [2.24, 2.45) is 23.5 Å². The summed E-state index contributed by atoms with van der Waals surface area (Å²) in [7, 11) is 0. The van der Waals surface area contributed by atoms with Crippen molar-refractivity contribution in [2.45, 2.75) is 25.3 Å². The molecule has 2 fully saturated rings. The predicted octanol–water partition coefficient (Wildman–Crippen LogP) is 1.87. The van der Waals surface area contributed by atoms with Crippen molar-refractivity contribution in [3.63, 3.8) is 0 Å². The van der Waals surface area contributed by atoms with Crippen molar-refractivity contribution >= 4 is 11.6 Å². The first-order valence-corrected chi connectivity index (χ1v) is 6.75. The fourth-order valence-electron chi connectivity index (χ4n) is 3.62. The van der Waals surface area contributed by atoms with Crippen LogP contribution in [0.1, 0.15) is 24.8 Å². The van der Waals surface area contributed by atoms with E-state index in [4.69, 9.17) is 11.0 Å². The highest BCUT2D eigenvalue weighted by Crippen LogP contribution is 2.47. The van der Waals surface area contributed by atoms with E-state index in [9.17, 15) is 4.79 Å². The Morgan fingerprint density at radius 1 is 1.37 bits per heavy atom. The van der Waals surface area contributed by atoms with Crippen molar-refractivity contribution in [1.29, 1.82) is 5.26 Å². The van der Waals surface area contributed by atoms with E-state index >= 15 is 0 Å². The van der Waals surface area contributed by atoms with Gasteiger partial charge in [0.05, 0.1) is 17.6 Å². The third kappa shape index (κ3) is 2.11. The molecule has 4 atom stereocenters. The van der Waals surface area contributed by atoms with Crippen molar-refractivity contribution in [3.05, 3.63) is 29.8 Å². The van der Waals surface area contributed by atoms with E-state index in [1.54, 1.807) is 24.3 Å². The molecule has 0 aromatic heterocycles. The van der Waals surface area contributed by atoms with Gasteiger partial charge in [-0.15, -0.1) is 0 Å². The highest BCUT2D eigenvalue weighted by atomic mass is 16.2. The van der Waals surface area contributed by atoms with E-state index in [1.807, 2.05) is 0 Å². The zero-order valence-corrected chi connectivity index (χ0v) is 10.7. The van der Waals surface area contributed by atoms with Gasteiger partial charge in [-0.25, -0.2) is 0 Å². The van der Waals surface area contributed by atoms with Gasteiger partial charge in [0.1, 0.15) is 0 Å². The second kappa shape index (κ2) is 4.67. The lowest BCUT2D eigenvalue weighted by molar-refractivity contribution is -0.121. The Bertz CT molecular complexity index is 547. The second-order valence-corrected chi connectivity index (χ2v) is 5.62. The van der Waals surface area contributed by atoms with Gasteiger partial charge in [0.25, 0.3) is 0 Å². The molecule has 2 bridgehead atoms. The van der Waals surface area contributed by atoms with Crippen molar-refractivity contribution in [2.75, 3.05) is 5.32 Å². The fraction of sp³-hybridized carbons (Fsp3) is 0.467. The van der Waals surface area contributed by atoms with Crippen LogP contribution in [0.25, 0.3) is 0 Å². The Morgan fingerprint density at radius 2 is 2.16 bits per heavy atom. The molecule has 19 heavy (non-hydrogen) atoms. The molecule has 1 aromatic rings. The molecule has 0 aliphatic heterocycles. The van der Waals surface area contributed by atoms with E-state index in [2.05, 4.69) is 11.4 Å². The van der Waals surface area contributed by atoms with E-state index in [1.165, 1.54) is 6.42 Å². The van der Waals surface area contributed by atoms with Crippen LogP contribution in [0.2, 0.25) is 0 Å². The zero-order valence-electron chi connectivity index (χ0n) is 10.7. The average Bonchev–Trinajstić information content (AvgIpc) is 2.99. The van der Waals surface area contributed by atoms with Gasteiger partial charge >= 0.3 is 0 Å². The SMILES string of the molecule is N#Cc1cccc(NC(=O)C2C3CCC(C3)C2N)c1. The number of carbonyl (C=O) groups excluding carboxylic acids is 1. The molecular weight excluding hydrogens is 238 g/mol. The first kappa shape index (κ1) is 12.2. The molecule has 4 heteroatoms. The van der Waals surface area contributed by atoms with Gasteiger partial charge in [-0.3, -0.25) is 4.79 Å². The molecular formula is C15H17N3O. The number of hydrogen-bond donors (Lipinski definition) is 2. The number of rotatable bonds is 2. The number of nitriles is 1. The van der Waals surface area contributed by atoms with Gasteiger partial charge in [-0.05, 0) is 49.3 Å². The fourth-order valence-corrected chi connectivity index (χ4v) is 3.62. The molecule has 0 heterocycles. The van der Waals surface area contributed by atoms with Crippen LogP contribution in [0.15, 0.2) is 24.3 Å². The molecule has 0 saturated heterocycles. The van der Waals surface area contributed by atoms with Gasteiger partial charge < -0.3 is 11.1 Å². The minimum atomic E-state index is -0.0653. The van der Waals surface area contributed by atoms with Crippen LogP contribution in [-0.4, -0.2) is 11.9 Å². The highest BCUT2D eigenvalue weighted by Gasteiger charge is 2.49. The highest BCUT2D eigenvalue weighted by molar-refractivity contribution is 5.93. The molecule has 98 valence electrons. The monoisotopic (exact) mass is 255 g/mol. The van der Waals surface area contributed by atoms with Gasteiger partial charge in [0.2, 0.25) is 5.91 Å². The summed E-state index contributed by atoms with van der Waals surface area (Å²) in [5.41, 5.74) is 7.39. The quantitative estimate of drug-likeness (QED) is 0.846. The molecule has 3 rings (SSSR count). The van der Waals surface area contributed by atoms with Crippen LogP contribution in [0.4, 0.5) is 5.69 Å². The standard InChI is InChI=1S/C15H17N3O/c16-8-9-2-1-3-12(6-9)18-15(19)13-10-4-5-11(7-10)14(13)17/h1-3,6,10-11,13-14H,4-5,7,17H2,(H,18,19). The number of anilines is 1. The molecule has 3 N–H and O–H groups in total. The van der Waals surface area contributed by atoms with Gasteiger partial charge in [0, 0.05) is 11.7 Å². The number of fused-ring (bicyclic) bond motifs is 2. The van der Waals surface area contributed by atoms with Gasteiger partial charge in [0.15, 0.2) is 0 Å². The van der Waals surface area contributed by atoms with Crippen molar-refractivity contribution in [1.82, 2.24) is 0 Å². The van der Waals surface area contributed by atoms with Crippen molar-refractivity contribution < 1.29 is 4.79 Å². The molecule has 2 aliphatic rings. The number of hydrogen-bond acceptors (Lipinski definition) is 3. The molecule has 4 unspecified atom stereocenters. The maximum Gasteiger partial charge on any atom is 0.229 e. The third-order valence-corrected chi connectivity index (χ3v) is 4.54. The number of carbonyl (C=O) groups is 1. The van der Waals surface area contributed by atoms with Crippen LogP contribution in [0, 0.1) is 29.1 Å². The second-order valence-electron chi connectivity index (χ2n) is 5.62. The minimum absolute atomic E-state index is 0.00194. The smallest absolute Gasteiger partial charge is 0.229 e. The number of nitrogens with two attached hydrogens (primary N) is 1. The van der Waals surface area contributed by atoms with Crippen LogP contribution < -0.4 is 11.1 Å². The van der Waals surface area contributed by atoms with E-state index in [0.29, 0.717) is 23.1 Å². The van der Waals surface area contributed by atoms with E-state index in [0.717, 1.165) is 12.8 Å². The summed E-state index contributed by atoms with van der Waals surface area (Å²) in [4.78, 5) is 12.3. The molecule has 4 nitrogen and oxygen atoms in total. The normalized spacial score (nSPS) is 32.0. The summed E-state index contributed by atoms with van der Waals surface area (Å²) in [5, 5.41) is 11.8. The summed E-state index contributed by atoms with van der Waals surface area (Å²) in [5.74, 6) is 0.907. The maximum atomic E-state index is 12.3. The van der Waals surface area contributed by atoms with Crippen LogP contribution in [0.3, 0.4) is 0 Å². The summed E-state index contributed by atoms with van der Waals surface area (Å²) in [6.07, 6.45) is 3.38. The third-order valence-electron chi connectivity index (χ3n) is 4.54. The van der Waals surface area contributed by atoms with E-state index < -0.39 is 0 Å². The summed E-state index contributed by atoms with van der Waals surface area (Å²) >= 11 is 0.